The van der Waals surface area contributed by atoms with Crippen molar-refractivity contribution in [1.82, 2.24) is 14.9 Å². The fraction of sp³-hybridized carbons (Fsp3) is 0.400. The monoisotopic (exact) mass is 259 g/mol. The molecule has 0 radical (unpaired) electrons. The smallest absolute Gasteiger partial charge is 0.0991 e. The standard InChI is InChI=1S/C15H21N3O/c1-12(19)15(2,3)17-10-13-4-6-14(7-5-13)18-9-8-16-11-18/h4-9,11-12,17,19H,10H2,1-3H3. The van der Waals surface area contributed by atoms with Crippen molar-refractivity contribution in [2.75, 3.05) is 0 Å². The lowest BCUT2D eigenvalue weighted by molar-refractivity contribution is 0.0956. The number of hydrogen-bond acceptors (Lipinski definition) is 3. The van der Waals surface area contributed by atoms with Crippen molar-refractivity contribution in [2.24, 2.45) is 0 Å². The Morgan fingerprint density at radius 2 is 2.00 bits per heavy atom. The van der Waals surface area contributed by atoms with Crippen LogP contribution in [0.2, 0.25) is 0 Å². The van der Waals surface area contributed by atoms with Crippen molar-refractivity contribution >= 4 is 0 Å². The highest BCUT2D eigenvalue weighted by Crippen LogP contribution is 2.12. The fourth-order valence-electron chi connectivity index (χ4n) is 1.68. The summed E-state index contributed by atoms with van der Waals surface area (Å²) in [6.45, 7) is 6.53. The van der Waals surface area contributed by atoms with Crippen LogP contribution in [0, 0.1) is 0 Å². The highest BCUT2D eigenvalue weighted by molar-refractivity contribution is 5.34. The van der Waals surface area contributed by atoms with Crippen molar-refractivity contribution in [3.05, 3.63) is 48.5 Å². The van der Waals surface area contributed by atoms with Crippen LogP contribution < -0.4 is 5.32 Å². The zero-order valence-electron chi connectivity index (χ0n) is 11.7. The maximum Gasteiger partial charge on any atom is 0.0991 e. The van der Waals surface area contributed by atoms with Crippen LogP contribution in [0.3, 0.4) is 0 Å². The molecule has 2 rings (SSSR count). The molecule has 0 aliphatic rings. The Labute approximate surface area is 114 Å². The lowest BCUT2D eigenvalue weighted by Gasteiger charge is -2.29. The largest absolute Gasteiger partial charge is 0.392 e. The number of imidazole rings is 1. The van der Waals surface area contributed by atoms with Gasteiger partial charge in [-0.25, -0.2) is 4.98 Å². The van der Waals surface area contributed by atoms with Crippen LogP contribution in [-0.2, 0) is 6.54 Å². The molecule has 2 N–H and O–H groups in total. The lowest BCUT2D eigenvalue weighted by Crippen LogP contribution is -2.47. The number of aliphatic hydroxyl groups excluding tert-OH is 1. The predicted molar refractivity (Wildman–Crippen MR) is 76.2 cm³/mol. The second-order valence-corrected chi connectivity index (χ2v) is 5.39. The number of rotatable bonds is 5. The van der Waals surface area contributed by atoms with Crippen molar-refractivity contribution in [3.8, 4) is 5.69 Å². The normalized spacial score (nSPS) is 13.5. The Balaban J connectivity index is 2.00. The maximum absolute atomic E-state index is 9.65. The van der Waals surface area contributed by atoms with E-state index in [0.29, 0.717) is 0 Å². The summed E-state index contributed by atoms with van der Waals surface area (Å²) in [4.78, 5) is 4.03. The molecule has 0 spiro atoms. The van der Waals surface area contributed by atoms with Gasteiger partial charge in [-0.3, -0.25) is 0 Å². The van der Waals surface area contributed by atoms with E-state index in [4.69, 9.17) is 0 Å². The van der Waals surface area contributed by atoms with E-state index in [1.54, 1.807) is 19.4 Å². The van der Waals surface area contributed by atoms with Crippen LogP contribution in [0.1, 0.15) is 26.3 Å². The summed E-state index contributed by atoms with van der Waals surface area (Å²) >= 11 is 0. The third-order valence-electron chi connectivity index (χ3n) is 3.53. The van der Waals surface area contributed by atoms with Crippen LogP contribution >= 0.6 is 0 Å². The van der Waals surface area contributed by atoms with Gasteiger partial charge in [-0.2, -0.15) is 0 Å². The molecule has 0 saturated heterocycles. The molecule has 4 heteroatoms. The zero-order valence-corrected chi connectivity index (χ0v) is 11.7. The summed E-state index contributed by atoms with van der Waals surface area (Å²) in [7, 11) is 0. The van der Waals surface area contributed by atoms with E-state index in [1.807, 2.05) is 24.6 Å². The lowest BCUT2D eigenvalue weighted by atomic mass is 9.98. The molecule has 102 valence electrons. The van der Waals surface area contributed by atoms with Crippen LogP contribution in [-0.4, -0.2) is 26.3 Å². The van der Waals surface area contributed by atoms with Gasteiger partial charge in [0.05, 0.1) is 12.4 Å². The van der Waals surface area contributed by atoms with Gasteiger partial charge in [-0.15, -0.1) is 0 Å². The van der Waals surface area contributed by atoms with Crippen LogP contribution in [0.4, 0.5) is 0 Å². The number of aliphatic hydroxyl groups is 1. The van der Waals surface area contributed by atoms with Crippen molar-refractivity contribution < 1.29 is 5.11 Å². The van der Waals surface area contributed by atoms with Gasteiger partial charge >= 0.3 is 0 Å². The third-order valence-corrected chi connectivity index (χ3v) is 3.53. The average molecular weight is 259 g/mol. The van der Waals surface area contributed by atoms with Gasteiger partial charge in [0.25, 0.3) is 0 Å². The first kappa shape index (κ1) is 13.8. The number of hydrogen-bond donors (Lipinski definition) is 2. The minimum absolute atomic E-state index is 0.289. The molecular weight excluding hydrogens is 238 g/mol. The molecule has 0 bridgehead atoms. The summed E-state index contributed by atoms with van der Waals surface area (Å²) < 4.78 is 1.97. The molecular formula is C15H21N3O. The van der Waals surface area contributed by atoms with Crippen LogP contribution in [0.25, 0.3) is 5.69 Å². The molecule has 0 saturated carbocycles. The van der Waals surface area contributed by atoms with Gasteiger partial charge in [0.2, 0.25) is 0 Å². The topological polar surface area (TPSA) is 50.1 Å². The molecule has 0 aliphatic heterocycles. The average Bonchev–Trinajstić information content (AvgIpc) is 2.91. The Hall–Kier alpha value is -1.65. The number of nitrogens with one attached hydrogen (secondary N) is 1. The van der Waals surface area contributed by atoms with Gasteiger partial charge in [0, 0.05) is 30.2 Å². The molecule has 1 atom stereocenters. The third kappa shape index (κ3) is 3.43. The molecule has 1 aromatic carbocycles. The van der Waals surface area contributed by atoms with Gasteiger partial charge in [0.15, 0.2) is 0 Å². The van der Waals surface area contributed by atoms with E-state index in [9.17, 15) is 5.11 Å². The first-order valence-electron chi connectivity index (χ1n) is 6.49. The SMILES string of the molecule is CC(O)C(C)(C)NCc1ccc(-n2ccnc2)cc1. The second-order valence-electron chi connectivity index (χ2n) is 5.39. The van der Waals surface area contributed by atoms with Crippen LogP contribution in [0.15, 0.2) is 43.0 Å². The Bertz CT molecular complexity index is 501. The van der Waals surface area contributed by atoms with Crippen molar-refractivity contribution in [2.45, 2.75) is 39.0 Å². The molecule has 19 heavy (non-hydrogen) atoms. The molecule has 4 nitrogen and oxygen atoms in total. The molecule has 2 aromatic rings. The van der Waals surface area contributed by atoms with E-state index in [0.717, 1.165) is 12.2 Å². The molecule has 0 amide bonds. The highest BCUT2D eigenvalue weighted by Gasteiger charge is 2.22. The summed E-state index contributed by atoms with van der Waals surface area (Å²) in [5.41, 5.74) is 2.00. The molecule has 1 aromatic heterocycles. The first-order chi connectivity index (χ1) is 8.99. The van der Waals surface area contributed by atoms with Gasteiger partial charge < -0.3 is 15.0 Å². The molecule has 1 heterocycles. The Kier molecular flexibility index (Phi) is 4.02. The first-order valence-corrected chi connectivity index (χ1v) is 6.49. The minimum atomic E-state index is -0.391. The Morgan fingerprint density at radius 3 is 2.53 bits per heavy atom. The van der Waals surface area contributed by atoms with Gasteiger partial charge in [-0.05, 0) is 38.5 Å². The summed E-state index contributed by atoms with van der Waals surface area (Å²) in [5.74, 6) is 0. The number of benzene rings is 1. The number of aromatic nitrogens is 2. The van der Waals surface area contributed by atoms with Gasteiger partial charge in [-0.1, -0.05) is 12.1 Å². The van der Waals surface area contributed by atoms with Gasteiger partial charge in [0.1, 0.15) is 0 Å². The molecule has 0 aliphatic carbocycles. The summed E-state index contributed by atoms with van der Waals surface area (Å²) in [5, 5.41) is 13.0. The predicted octanol–water partition coefficient (Wildman–Crippen LogP) is 2.12. The van der Waals surface area contributed by atoms with Crippen molar-refractivity contribution in [1.29, 1.82) is 0 Å². The van der Waals surface area contributed by atoms with E-state index in [-0.39, 0.29) is 5.54 Å². The summed E-state index contributed by atoms with van der Waals surface area (Å²) in [6.07, 6.45) is 5.08. The van der Waals surface area contributed by atoms with E-state index in [2.05, 4.69) is 34.6 Å². The van der Waals surface area contributed by atoms with Crippen molar-refractivity contribution in [3.63, 3.8) is 0 Å². The minimum Gasteiger partial charge on any atom is -0.392 e. The van der Waals surface area contributed by atoms with Crippen LogP contribution in [0.5, 0.6) is 0 Å². The fourth-order valence-corrected chi connectivity index (χ4v) is 1.68. The maximum atomic E-state index is 9.65. The molecule has 0 fully saturated rings. The highest BCUT2D eigenvalue weighted by atomic mass is 16.3. The second kappa shape index (κ2) is 5.55. The summed E-state index contributed by atoms with van der Waals surface area (Å²) in [6, 6.07) is 8.29. The van der Waals surface area contributed by atoms with E-state index in [1.165, 1.54) is 5.56 Å². The zero-order chi connectivity index (χ0) is 13.9. The quantitative estimate of drug-likeness (QED) is 0.864. The Morgan fingerprint density at radius 1 is 1.32 bits per heavy atom. The number of nitrogens with zero attached hydrogens (tertiary/aromatic N) is 2. The van der Waals surface area contributed by atoms with E-state index < -0.39 is 6.10 Å². The van der Waals surface area contributed by atoms with E-state index >= 15 is 0 Å². The molecule has 1 unspecified atom stereocenters.